The van der Waals surface area contributed by atoms with Crippen molar-refractivity contribution in [1.82, 2.24) is 9.55 Å². The summed E-state index contributed by atoms with van der Waals surface area (Å²) in [5, 5.41) is 9.41. The molecule has 1 aromatic heterocycles. The molecule has 1 heterocycles. The number of hydrogen-bond acceptors (Lipinski definition) is 3. The Kier molecular flexibility index (Phi) is 3.54. The molecule has 0 saturated carbocycles. The molecule has 0 saturated heterocycles. The number of halogens is 1. The molecule has 3 rings (SSSR count). The van der Waals surface area contributed by atoms with Gasteiger partial charge in [-0.1, -0.05) is 15.9 Å². The molecule has 5 nitrogen and oxygen atoms in total. The van der Waals surface area contributed by atoms with Crippen LogP contribution in [0.1, 0.15) is 16.2 Å². The van der Waals surface area contributed by atoms with Gasteiger partial charge in [-0.2, -0.15) is 0 Å². The zero-order valence-electron chi connectivity index (χ0n) is 11.6. The maximum absolute atomic E-state index is 12.7. The highest BCUT2D eigenvalue weighted by Gasteiger charge is 2.12. The van der Waals surface area contributed by atoms with Crippen molar-refractivity contribution in [3.63, 3.8) is 0 Å². The average Bonchev–Trinajstić information content (AvgIpc) is 2.48. The fourth-order valence-corrected chi connectivity index (χ4v) is 2.59. The first-order valence-electron chi connectivity index (χ1n) is 6.50. The molecule has 0 spiro atoms. The maximum Gasteiger partial charge on any atom is 0.335 e. The molecule has 22 heavy (non-hydrogen) atoms. The normalized spacial score (nSPS) is 10.8. The molecule has 0 amide bonds. The van der Waals surface area contributed by atoms with Gasteiger partial charge in [-0.3, -0.25) is 9.36 Å². The SMILES string of the molecule is Cc1nc2cc(C(=O)O)ccc2c(=O)n1-c1ccc(Br)cc1. The van der Waals surface area contributed by atoms with Gasteiger partial charge in [0.2, 0.25) is 0 Å². The number of benzene rings is 2. The molecule has 0 atom stereocenters. The Hall–Kier alpha value is -2.47. The van der Waals surface area contributed by atoms with Gasteiger partial charge in [-0.15, -0.1) is 0 Å². The Bertz CT molecular complexity index is 946. The van der Waals surface area contributed by atoms with Gasteiger partial charge in [0.15, 0.2) is 0 Å². The fourth-order valence-electron chi connectivity index (χ4n) is 2.32. The highest BCUT2D eigenvalue weighted by Crippen LogP contribution is 2.17. The molecule has 6 heteroatoms. The molecular weight excluding hydrogens is 348 g/mol. The summed E-state index contributed by atoms with van der Waals surface area (Å²) in [6.07, 6.45) is 0. The second kappa shape index (κ2) is 5.38. The molecule has 0 radical (unpaired) electrons. The quantitative estimate of drug-likeness (QED) is 0.763. The van der Waals surface area contributed by atoms with E-state index in [2.05, 4.69) is 20.9 Å². The van der Waals surface area contributed by atoms with E-state index in [1.807, 2.05) is 24.3 Å². The average molecular weight is 359 g/mol. The zero-order valence-corrected chi connectivity index (χ0v) is 13.2. The number of rotatable bonds is 2. The van der Waals surface area contributed by atoms with Crippen molar-refractivity contribution in [1.29, 1.82) is 0 Å². The lowest BCUT2D eigenvalue weighted by molar-refractivity contribution is 0.0697. The minimum absolute atomic E-state index is 0.111. The van der Waals surface area contributed by atoms with Gasteiger partial charge in [-0.05, 0) is 49.4 Å². The number of hydrogen-bond donors (Lipinski definition) is 1. The van der Waals surface area contributed by atoms with Gasteiger partial charge >= 0.3 is 5.97 Å². The van der Waals surface area contributed by atoms with Crippen LogP contribution in [0.3, 0.4) is 0 Å². The Balaban J connectivity index is 2.29. The molecule has 110 valence electrons. The number of carboxylic acids is 1. The van der Waals surface area contributed by atoms with E-state index in [-0.39, 0.29) is 11.1 Å². The third-order valence-electron chi connectivity index (χ3n) is 3.37. The monoisotopic (exact) mass is 358 g/mol. The molecule has 0 aliphatic rings. The Labute approximate surface area is 134 Å². The van der Waals surface area contributed by atoms with Crippen molar-refractivity contribution < 1.29 is 9.90 Å². The van der Waals surface area contributed by atoms with Crippen LogP contribution in [0.25, 0.3) is 16.6 Å². The molecule has 2 aromatic carbocycles. The van der Waals surface area contributed by atoms with Gasteiger partial charge in [0, 0.05) is 4.47 Å². The predicted molar refractivity (Wildman–Crippen MR) is 86.7 cm³/mol. The van der Waals surface area contributed by atoms with E-state index in [1.54, 1.807) is 6.92 Å². The van der Waals surface area contributed by atoms with Crippen LogP contribution in [-0.4, -0.2) is 20.6 Å². The molecule has 0 unspecified atom stereocenters. The molecule has 0 aliphatic carbocycles. The zero-order chi connectivity index (χ0) is 15.9. The summed E-state index contributed by atoms with van der Waals surface area (Å²) in [5.74, 6) is -0.541. The third kappa shape index (κ3) is 2.42. The summed E-state index contributed by atoms with van der Waals surface area (Å²) in [7, 11) is 0. The van der Waals surface area contributed by atoms with Crippen LogP contribution < -0.4 is 5.56 Å². The van der Waals surface area contributed by atoms with Gasteiger partial charge in [0.05, 0.1) is 22.2 Å². The van der Waals surface area contributed by atoms with Crippen molar-refractivity contribution in [2.24, 2.45) is 0 Å². The standard InChI is InChI=1S/C16H11BrN2O3/c1-9-18-14-8-10(16(21)22)2-7-13(14)15(20)19(9)12-5-3-11(17)4-6-12/h2-8H,1H3,(H,21,22). The maximum atomic E-state index is 12.7. The molecule has 1 N–H and O–H groups in total. The number of aryl methyl sites for hydroxylation is 1. The summed E-state index contributed by atoms with van der Waals surface area (Å²) >= 11 is 3.36. The van der Waals surface area contributed by atoms with E-state index < -0.39 is 5.97 Å². The van der Waals surface area contributed by atoms with Gasteiger partial charge in [0.1, 0.15) is 5.82 Å². The highest BCUT2D eigenvalue weighted by atomic mass is 79.9. The van der Waals surface area contributed by atoms with Gasteiger partial charge in [-0.25, -0.2) is 9.78 Å². The van der Waals surface area contributed by atoms with Crippen molar-refractivity contribution in [2.45, 2.75) is 6.92 Å². The second-order valence-corrected chi connectivity index (χ2v) is 5.73. The van der Waals surface area contributed by atoms with Crippen LogP contribution in [0.2, 0.25) is 0 Å². The van der Waals surface area contributed by atoms with Crippen molar-refractivity contribution in [2.75, 3.05) is 0 Å². The summed E-state index contributed by atoms with van der Waals surface area (Å²) < 4.78 is 2.43. The van der Waals surface area contributed by atoms with Crippen LogP contribution in [0.5, 0.6) is 0 Å². The van der Waals surface area contributed by atoms with Crippen LogP contribution in [0, 0.1) is 6.92 Å². The van der Waals surface area contributed by atoms with E-state index in [1.165, 1.54) is 22.8 Å². The summed E-state index contributed by atoms with van der Waals surface area (Å²) in [6, 6.07) is 11.7. The van der Waals surface area contributed by atoms with Crippen LogP contribution >= 0.6 is 15.9 Å². The van der Waals surface area contributed by atoms with E-state index in [0.29, 0.717) is 22.4 Å². The number of aromatic nitrogens is 2. The van der Waals surface area contributed by atoms with E-state index in [4.69, 9.17) is 5.11 Å². The number of aromatic carboxylic acids is 1. The number of nitrogens with zero attached hydrogens (tertiary/aromatic N) is 2. The number of carbonyl (C=O) groups is 1. The topological polar surface area (TPSA) is 72.2 Å². The fraction of sp³-hybridized carbons (Fsp3) is 0.0625. The van der Waals surface area contributed by atoms with Crippen molar-refractivity contribution in [3.05, 3.63) is 68.7 Å². The molecule has 0 bridgehead atoms. The smallest absolute Gasteiger partial charge is 0.335 e. The largest absolute Gasteiger partial charge is 0.478 e. The summed E-state index contributed by atoms with van der Waals surface area (Å²) in [5.41, 5.74) is 0.986. The van der Waals surface area contributed by atoms with Crippen LogP contribution in [0.4, 0.5) is 0 Å². The Morgan fingerprint density at radius 1 is 1.18 bits per heavy atom. The van der Waals surface area contributed by atoms with Gasteiger partial charge in [0.25, 0.3) is 5.56 Å². The third-order valence-corrected chi connectivity index (χ3v) is 3.90. The van der Waals surface area contributed by atoms with Crippen molar-refractivity contribution >= 4 is 32.8 Å². The highest BCUT2D eigenvalue weighted by molar-refractivity contribution is 9.10. The molecular formula is C16H11BrN2O3. The minimum Gasteiger partial charge on any atom is -0.478 e. The summed E-state index contributed by atoms with van der Waals surface area (Å²) in [6.45, 7) is 1.72. The lowest BCUT2D eigenvalue weighted by atomic mass is 10.1. The van der Waals surface area contributed by atoms with E-state index in [9.17, 15) is 9.59 Å². The first-order valence-corrected chi connectivity index (χ1v) is 7.29. The van der Waals surface area contributed by atoms with E-state index in [0.717, 1.165) is 4.47 Å². The minimum atomic E-state index is -1.04. The van der Waals surface area contributed by atoms with Crippen molar-refractivity contribution in [3.8, 4) is 5.69 Å². The lowest BCUT2D eigenvalue weighted by Gasteiger charge is -2.11. The Morgan fingerprint density at radius 2 is 1.86 bits per heavy atom. The summed E-state index contributed by atoms with van der Waals surface area (Å²) in [4.78, 5) is 28.1. The molecule has 0 aliphatic heterocycles. The van der Waals surface area contributed by atoms with Gasteiger partial charge < -0.3 is 5.11 Å². The number of fused-ring (bicyclic) bond motifs is 1. The van der Waals surface area contributed by atoms with Crippen LogP contribution in [0.15, 0.2) is 51.7 Å². The lowest BCUT2D eigenvalue weighted by Crippen LogP contribution is -2.22. The second-order valence-electron chi connectivity index (χ2n) is 4.81. The predicted octanol–water partition coefficient (Wildman–Crippen LogP) is 3.15. The van der Waals surface area contributed by atoms with E-state index >= 15 is 0 Å². The first-order chi connectivity index (χ1) is 10.5. The molecule has 0 fully saturated rings. The molecule has 3 aromatic rings. The number of carboxylic acid groups (broad SMARTS) is 1. The first kappa shape index (κ1) is 14.5. The van der Waals surface area contributed by atoms with Crippen LogP contribution in [-0.2, 0) is 0 Å². The Morgan fingerprint density at radius 3 is 2.50 bits per heavy atom.